The fourth-order valence-corrected chi connectivity index (χ4v) is 5.11. The molecular weight excluding hydrogens is 676 g/mol. The Labute approximate surface area is 309 Å². The van der Waals surface area contributed by atoms with E-state index < -0.39 is 11.9 Å². The van der Waals surface area contributed by atoms with Crippen molar-refractivity contribution in [1.82, 2.24) is 0 Å². The van der Waals surface area contributed by atoms with Crippen LogP contribution in [-0.2, 0) is 0 Å². The van der Waals surface area contributed by atoms with Crippen LogP contribution in [0.4, 0.5) is 0 Å². The van der Waals surface area contributed by atoms with Crippen LogP contribution in [0.5, 0.6) is 46.0 Å². The number of rotatable bonds is 20. The number of hydrogen-bond acceptors (Lipinski definition) is 10. The number of phenolic OH excluding ortho intramolecular Hbond substituents is 2. The summed E-state index contributed by atoms with van der Waals surface area (Å²) in [5, 5.41) is 18.7. The highest BCUT2D eigenvalue weighted by molar-refractivity contribution is 5.92. The fraction of sp³-hybridized carbons (Fsp3) is 0.256. The van der Waals surface area contributed by atoms with E-state index in [-0.39, 0.29) is 11.5 Å². The van der Waals surface area contributed by atoms with Gasteiger partial charge in [0, 0.05) is 0 Å². The minimum Gasteiger partial charge on any atom is -0.508 e. The predicted molar refractivity (Wildman–Crippen MR) is 200 cm³/mol. The second-order valence-electron chi connectivity index (χ2n) is 12.3. The minimum atomic E-state index is -0.517. The maximum Gasteiger partial charge on any atom is 0.343 e. The van der Waals surface area contributed by atoms with Crippen molar-refractivity contribution < 1.29 is 48.2 Å². The highest BCUT2D eigenvalue weighted by Crippen LogP contribution is 2.26. The van der Waals surface area contributed by atoms with Gasteiger partial charge in [-0.1, -0.05) is 0 Å². The fourth-order valence-electron chi connectivity index (χ4n) is 5.11. The molecule has 53 heavy (non-hydrogen) atoms. The topological polar surface area (TPSA) is 130 Å². The lowest BCUT2D eigenvalue weighted by Crippen LogP contribution is -2.10. The molecule has 0 heterocycles. The van der Waals surface area contributed by atoms with Gasteiger partial charge >= 0.3 is 11.9 Å². The number of ether oxygens (including phenoxy) is 6. The van der Waals surface area contributed by atoms with Gasteiger partial charge in [0.05, 0.1) is 37.6 Å². The van der Waals surface area contributed by atoms with Crippen LogP contribution in [0, 0.1) is 6.92 Å². The molecule has 0 aromatic heterocycles. The van der Waals surface area contributed by atoms with Crippen LogP contribution in [0.1, 0.15) is 64.8 Å². The van der Waals surface area contributed by atoms with Gasteiger partial charge < -0.3 is 38.6 Å². The van der Waals surface area contributed by atoms with E-state index in [1.54, 1.807) is 122 Å². The number of benzene rings is 5. The van der Waals surface area contributed by atoms with Gasteiger partial charge in [-0.2, -0.15) is 0 Å². The first-order valence-electron chi connectivity index (χ1n) is 17.7. The Morgan fingerprint density at radius 3 is 1.15 bits per heavy atom. The van der Waals surface area contributed by atoms with Crippen molar-refractivity contribution in [3.8, 4) is 46.0 Å². The number of esters is 2. The van der Waals surface area contributed by atoms with Crippen LogP contribution in [0.15, 0.2) is 115 Å². The third-order valence-corrected chi connectivity index (χ3v) is 8.07. The lowest BCUT2D eigenvalue weighted by Gasteiger charge is -2.11. The van der Waals surface area contributed by atoms with Crippen molar-refractivity contribution >= 4 is 11.9 Å². The molecule has 0 atom stereocenters. The first-order valence-corrected chi connectivity index (χ1v) is 17.7. The average Bonchev–Trinajstić information content (AvgIpc) is 3.17. The molecule has 10 heteroatoms. The zero-order chi connectivity index (χ0) is 37.3. The average molecular weight is 721 g/mol. The molecule has 0 bridgehead atoms. The van der Waals surface area contributed by atoms with Gasteiger partial charge in [0.2, 0.25) is 0 Å². The van der Waals surface area contributed by atoms with Crippen LogP contribution >= 0.6 is 0 Å². The number of aryl methyl sites for hydroxylation is 1. The van der Waals surface area contributed by atoms with E-state index in [2.05, 4.69) is 0 Å². The summed E-state index contributed by atoms with van der Waals surface area (Å²) in [6, 6.07) is 31.7. The van der Waals surface area contributed by atoms with Gasteiger partial charge in [0.1, 0.15) is 46.0 Å². The second kappa shape index (κ2) is 20.0. The molecule has 10 nitrogen and oxygen atoms in total. The second-order valence-corrected chi connectivity index (χ2v) is 12.3. The van der Waals surface area contributed by atoms with Crippen molar-refractivity contribution in [3.63, 3.8) is 0 Å². The SMILES string of the molecule is Cc1cc(OC(=O)c2ccc(OCCCCCOc3ccc(O)cc3)cc2)ccc1OC(=O)c1ccc(OCCCCCOc2ccc(O)cc2)cc1. The van der Waals surface area contributed by atoms with Gasteiger partial charge in [-0.15, -0.1) is 0 Å². The van der Waals surface area contributed by atoms with Crippen LogP contribution in [0.2, 0.25) is 0 Å². The molecule has 0 radical (unpaired) electrons. The molecule has 0 saturated carbocycles. The molecular formula is C43H44O10. The molecule has 276 valence electrons. The first-order chi connectivity index (χ1) is 25.8. The number of aromatic hydroxyl groups is 2. The molecule has 0 unspecified atom stereocenters. The van der Waals surface area contributed by atoms with Gasteiger partial charge in [0.25, 0.3) is 0 Å². The zero-order valence-corrected chi connectivity index (χ0v) is 29.7. The smallest absolute Gasteiger partial charge is 0.343 e. The van der Waals surface area contributed by atoms with E-state index in [0.29, 0.717) is 66.1 Å². The quantitative estimate of drug-likeness (QED) is 0.0456. The lowest BCUT2D eigenvalue weighted by atomic mass is 10.2. The molecule has 0 saturated heterocycles. The van der Waals surface area contributed by atoms with Crippen molar-refractivity contribution in [2.24, 2.45) is 0 Å². The Kier molecular flexibility index (Phi) is 14.4. The van der Waals surface area contributed by atoms with Gasteiger partial charge in [-0.25, -0.2) is 9.59 Å². The van der Waals surface area contributed by atoms with Crippen molar-refractivity contribution in [2.45, 2.75) is 45.4 Å². The molecule has 5 aromatic rings. The van der Waals surface area contributed by atoms with Crippen LogP contribution in [0.3, 0.4) is 0 Å². The highest BCUT2D eigenvalue weighted by atomic mass is 16.5. The van der Waals surface area contributed by atoms with Crippen LogP contribution < -0.4 is 28.4 Å². The highest BCUT2D eigenvalue weighted by Gasteiger charge is 2.14. The molecule has 0 aliphatic rings. The van der Waals surface area contributed by atoms with E-state index in [4.69, 9.17) is 28.4 Å². The largest absolute Gasteiger partial charge is 0.508 e. The zero-order valence-electron chi connectivity index (χ0n) is 29.7. The summed E-state index contributed by atoms with van der Waals surface area (Å²) >= 11 is 0. The molecule has 5 rings (SSSR count). The third-order valence-electron chi connectivity index (χ3n) is 8.07. The summed E-state index contributed by atoms with van der Waals surface area (Å²) in [4.78, 5) is 25.6. The standard InChI is InChI=1S/C43H44O10/c1-31-30-40(52-42(46)32-8-16-36(17-9-32)48-26-4-2-6-28-50-38-20-12-34(44)13-21-38)24-25-41(31)53-43(47)33-10-18-37(19-11-33)49-27-5-3-7-29-51-39-22-14-35(45)15-23-39/h8-25,30,44-45H,2-7,26-29H2,1H3. The molecule has 2 N–H and O–H groups in total. The van der Waals surface area contributed by atoms with E-state index in [9.17, 15) is 19.8 Å². The molecule has 0 spiro atoms. The van der Waals surface area contributed by atoms with E-state index in [1.807, 2.05) is 0 Å². The number of phenols is 2. The monoisotopic (exact) mass is 720 g/mol. The summed E-state index contributed by atoms with van der Waals surface area (Å²) in [5.74, 6) is 2.85. The number of unbranched alkanes of at least 4 members (excludes halogenated alkanes) is 4. The van der Waals surface area contributed by atoms with Gasteiger partial charge in [-0.3, -0.25) is 0 Å². The van der Waals surface area contributed by atoms with Gasteiger partial charge in [0.15, 0.2) is 0 Å². The minimum absolute atomic E-state index is 0.211. The predicted octanol–water partition coefficient (Wildman–Crippen LogP) is 9.10. The maximum atomic E-state index is 12.8. The molecule has 0 fully saturated rings. The van der Waals surface area contributed by atoms with Crippen molar-refractivity contribution in [2.75, 3.05) is 26.4 Å². The maximum absolute atomic E-state index is 12.8. The van der Waals surface area contributed by atoms with E-state index >= 15 is 0 Å². The first kappa shape index (κ1) is 38.1. The molecule has 0 aliphatic heterocycles. The molecule has 5 aromatic carbocycles. The molecule has 0 aliphatic carbocycles. The van der Waals surface area contributed by atoms with Gasteiger partial charge in [-0.05, 0) is 166 Å². The Morgan fingerprint density at radius 2 is 0.774 bits per heavy atom. The van der Waals surface area contributed by atoms with E-state index in [1.165, 1.54) is 0 Å². The molecule has 0 amide bonds. The third kappa shape index (κ3) is 12.8. The summed E-state index contributed by atoms with van der Waals surface area (Å²) in [7, 11) is 0. The Balaban J connectivity index is 0.962. The van der Waals surface area contributed by atoms with Crippen LogP contribution in [0.25, 0.3) is 0 Å². The normalized spacial score (nSPS) is 10.7. The van der Waals surface area contributed by atoms with Crippen LogP contribution in [-0.4, -0.2) is 48.6 Å². The number of carbonyl (C=O) groups is 2. The number of hydrogen-bond donors (Lipinski definition) is 2. The lowest BCUT2D eigenvalue weighted by molar-refractivity contribution is 0.0718. The Hall–Kier alpha value is -6.16. The van der Waals surface area contributed by atoms with E-state index in [0.717, 1.165) is 50.0 Å². The summed E-state index contributed by atoms with van der Waals surface area (Å²) in [6.45, 7) is 4.03. The number of carbonyl (C=O) groups excluding carboxylic acids is 2. The summed E-state index contributed by atoms with van der Waals surface area (Å²) < 4.78 is 34.1. The summed E-state index contributed by atoms with van der Waals surface area (Å²) in [6.07, 6.45) is 5.35. The Morgan fingerprint density at radius 1 is 0.434 bits per heavy atom. The Bertz CT molecular complexity index is 1870. The summed E-state index contributed by atoms with van der Waals surface area (Å²) in [5.41, 5.74) is 1.39. The van der Waals surface area contributed by atoms with Crippen molar-refractivity contribution in [3.05, 3.63) is 132 Å². The van der Waals surface area contributed by atoms with Crippen molar-refractivity contribution in [1.29, 1.82) is 0 Å².